The van der Waals surface area contributed by atoms with Crippen LogP contribution in [0.2, 0.25) is 0 Å². The summed E-state index contributed by atoms with van der Waals surface area (Å²) < 4.78 is 27.8. The molecule has 0 aromatic rings. The van der Waals surface area contributed by atoms with Crippen molar-refractivity contribution < 1.29 is 23.4 Å². The van der Waals surface area contributed by atoms with Crippen LogP contribution in [0.25, 0.3) is 0 Å². The van der Waals surface area contributed by atoms with Crippen molar-refractivity contribution in [2.45, 2.75) is 31.9 Å². The van der Waals surface area contributed by atoms with E-state index in [-0.39, 0.29) is 25.5 Å². The maximum Gasteiger partial charge on any atom is 0.261 e. The number of ether oxygens (including phenoxy) is 1. The van der Waals surface area contributed by atoms with Crippen molar-refractivity contribution >= 4 is 5.91 Å². The molecule has 2 atom stereocenters. The Bertz CT molecular complexity index is 203. The van der Waals surface area contributed by atoms with Gasteiger partial charge in [-0.1, -0.05) is 0 Å². The first-order valence-corrected chi connectivity index (χ1v) is 4.99. The van der Waals surface area contributed by atoms with Gasteiger partial charge < -0.3 is 20.9 Å². The molecule has 0 aliphatic carbocycles. The third kappa shape index (κ3) is 8.51. The Morgan fingerprint density at radius 1 is 1.56 bits per heavy atom. The number of amides is 1. The van der Waals surface area contributed by atoms with Gasteiger partial charge in [-0.3, -0.25) is 4.79 Å². The Morgan fingerprint density at radius 3 is 2.69 bits per heavy atom. The van der Waals surface area contributed by atoms with Gasteiger partial charge in [0.2, 0.25) is 5.91 Å². The molecule has 1 amide bonds. The zero-order chi connectivity index (χ0) is 12.6. The Hall–Kier alpha value is -0.790. The van der Waals surface area contributed by atoms with Crippen molar-refractivity contribution in [3.05, 3.63) is 0 Å². The van der Waals surface area contributed by atoms with Crippen LogP contribution in [0.3, 0.4) is 0 Å². The summed E-state index contributed by atoms with van der Waals surface area (Å²) in [6.45, 7) is 0.939. The summed E-state index contributed by atoms with van der Waals surface area (Å²) in [5.41, 5.74) is 5.46. The van der Waals surface area contributed by atoms with Gasteiger partial charge in [-0.05, 0) is 6.92 Å². The monoisotopic (exact) mass is 240 g/mol. The molecule has 0 radical (unpaired) electrons. The lowest BCUT2D eigenvalue weighted by atomic mass is 10.2. The van der Waals surface area contributed by atoms with E-state index in [0.29, 0.717) is 0 Å². The third-order valence-electron chi connectivity index (χ3n) is 1.87. The van der Waals surface area contributed by atoms with Gasteiger partial charge in [-0.25, -0.2) is 8.78 Å². The number of aliphatic hydroxyl groups excluding tert-OH is 1. The molecular weight excluding hydrogens is 222 g/mol. The first-order chi connectivity index (χ1) is 7.43. The van der Waals surface area contributed by atoms with Crippen LogP contribution < -0.4 is 11.1 Å². The minimum atomic E-state index is -2.52. The van der Waals surface area contributed by atoms with Crippen LogP contribution in [0, 0.1) is 0 Å². The van der Waals surface area contributed by atoms with Crippen LogP contribution in [0.15, 0.2) is 0 Å². The smallest absolute Gasteiger partial charge is 0.261 e. The van der Waals surface area contributed by atoms with E-state index in [4.69, 9.17) is 10.8 Å². The number of halogens is 2. The highest BCUT2D eigenvalue weighted by Gasteiger charge is 2.10. The van der Waals surface area contributed by atoms with Crippen molar-refractivity contribution in [2.75, 3.05) is 19.8 Å². The van der Waals surface area contributed by atoms with E-state index in [0.717, 1.165) is 0 Å². The van der Waals surface area contributed by atoms with Crippen molar-refractivity contribution in [1.82, 2.24) is 5.32 Å². The summed E-state index contributed by atoms with van der Waals surface area (Å²) in [6.07, 6.45) is -3.23. The molecule has 96 valence electrons. The molecule has 16 heavy (non-hydrogen) atoms. The maximum absolute atomic E-state index is 11.6. The van der Waals surface area contributed by atoms with Crippen molar-refractivity contribution in [2.24, 2.45) is 5.73 Å². The van der Waals surface area contributed by atoms with Gasteiger partial charge in [0.15, 0.2) is 0 Å². The van der Waals surface area contributed by atoms with Crippen molar-refractivity contribution in [1.29, 1.82) is 0 Å². The van der Waals surface area contributed by atoms with E-state index in [2.05, 4.69) is 10.1 Å². The first kappa shape index (κ1) is 15.2. The second-order valence-electron chi connectivity index (χ2n) is 3.42. The standard InChI is InChI=1S/C9H18F2N2O3/c1-6(14)7(12)4-13-9(15)2-3-16-5-8(10)11/h6-8,14H,2-5,12H2,1H3,(H,13,15). The van der Waals surface area contributed by atoms with Gasteiger partial charge in [0.1, 0.15) is 6.61 Å². The van der Waals surface area contributed by atoms with E-state index in [1.54, 1.807) is 0 Å². The lowest BCUT2D eigenvalue weighted by Crippen LogP contribution is -2.43. The van der Waals surface area contributed by atoms with Crippen LogP contribution in [-0.4, -0.2) is 49.3 Å². The Kier molecular flexibility index (Phi) is 7.96. The second-order valence-corrected chi connectivity index (χ2v) is 3.42. The van der Waals surface area contributed by atoms with E-state index in [9.17, 15) is 13.6 Å². The Balaban J connectivity index is 3.45. The molecule has 2 unspecified atom stereocenters. The summed E-state index contributed by atoms with van der Waals surface area (Å²) in [5.74, 6) is -0.342. The summed E-state index contributed by atoms with van der Waals surface area (Å²) in [5, 5.41) is 11.5. The second kappa shape index (κ2) is 8.37. The molecule has 4 N–H and O–H groups in total. The van der Waals surface area contributed by atoms with Crippen LogP contribution in [-0.2, 0) is 9.53 Å². The molecule has 0 saturated heterocycles. The number of carbonyl (C=O) groups is 1. The largest absolute Gasteiger partial charge is 0.392 e. The fraction of sp³-hybridized carbons (Fsp3) is 0.889. The lowest BCUT2D eigenvalue weighted by Gasteiger charge is -2.15. The highest BCUT2D eigenvalue weighted by atomic mass is 19.3. The minimum Gasteiger partial charge on any atom is -0.392 e. The molecule has 0 aliphatic heterocycles. The number of nitrogens with one attached hydrogen (secondary N) is 1. The van der Waals surface area contributed by atoms with Crippen molar-refractivity contribution in [3.8, 4) is 0 Å². The van der Waals surface area contributed by atoms with Crippen LogP contribution in [0.1, 0.15) is 13.3 Å². The average Bonchev–Trinajstić information content (AvgIpc) is 2.20. The zero-order valence-corrected chi connectivity index (χ0v) is 9.16. The Morgan fingerprint density at radius 2 is 2.19 bits per heavy atom. The van der Waals surface area contributed by atoms with Crippen LogP contribution >= 0.6 is 0 Å². The maximum atomic E-state index is 11.6. The van der Waals surface area contributed by atoms with E-state index in [1.165, 1.54) is 6.92 Å². The number of aliphatic hydroxyl groups is 1. The minimum absolute atomic E-state index is 0.000745. The average molecular weight is 240 g/mol. The number of nitrogens with two attached hydrogens (primary N) is 1. The Labute approximate surface area is 92.9 Å². The summed E-state index contributed by atoms with van der Waals surface area (Å²) in [4.78, 5) is 11.1. The fourth-order valence-electron chi connectivity index (χ4n) is 0.828. The number of alkyl halides is 2. The van der Waals surface area contributed by atoms with Gasteiger partial charge in [0.25, 0.3) is 6.43 Å². The molecule has 0 fully saturated rings. The molecule has 0 saturated carbocycles. The fourth-order valence-corrected chi connectivity index (χ4v) is 0.828. The lowest BCUT2D eigenvalue weighted by molar-refractivity contribution is -0.122. The molecule has 0 heterocycles. The molecule has 0 aromatic heterocycles. The van der Waals surface area contributed by atoms with Crippen LogP contribution in [0.4, 0.5) is 8.78 Å². The SMILES string of the molecule is CC(O)C(N)CNC(=O)CCOCC(F)F. The van der Waals surface area contributed by atoms with Gasteiger partial charge in [-0.15, -0.1) is 0 Å². The van der Waals surface area contributed by atoms with Crippen molar-refractivity contribution in [3.63, 3.8) is 0 Å². The molecule has 0 aromatic carbocycles. The predicted molar refractivity (Wildman–Crippen MR) is 54.1 cm³/mol. The normalized spacial score (nSPS) is 14.9. The van der Waals surface area contributed by atoms with Gasteiger partial charge >= 0.3 is 0 Å². The molecule has 7 heteroatoms. The van der Waals surface area contributed by atoms with E-state index >= 15 is 0 Å². The quantitative estimate of drug-likeness (QED) is 0.498. The molecule has 0 aliphatic rings. The molecule has 5 nitrogen and oxygen atoms in total. The predicted octanol–water partition coefficient (Wildman–Crippen LogP) is -0.517. The van der Waals surface area contributed by atoms with E-state index < -0.39 is 25.2 Å². The number of carbonyl (C=O) groups excluding carboxylic acids is 1. The van der Waals surface area contributed by atoms with E-state index in [1.807, 2.05) is 0 Å². The first-order valence-electron chi connectivity index (χ1n) is 4.99. The summed E-state index contributed by atoms with van der Waals surface area (Å²) in [7, 11) is 0. The highest BCUT2D eigenvalue weighted by Crippen LogP contribution is 1.93. The topological polar surface area (TPSA) is 84.6 Å². The van der Waals surface area contributed by atoms with Crippen LogP contribution in [0.5, 0.6) is 0 Å². The molecule has 0 rings (SSSR count). The van der Waals surface area contributed by atoms with Gasteiger partial charge in [-0.2, -0.15) is 0 Å². The molecule has 0 bridgehead atoms. The molecular formula is C9H18F2N2O3. The molecule has 0 spiro atoms. The van der Waals surface area contributed by atoms with Gasteiger partial charge in [0, 0.05) is 19.0 Å². The number of hydrogen-bond acceptors (Lipinski definition) is 4. The summed E-state index contributed by atoms with van der Waals surface area (Å²) in [6, 6.07) is -0.536. The number of hydrogen-bond donors (Lipinski definition) is 3. The summed E-state index contributed by atoms with van der Waals surface area (Å²) >= 11 is 0. The zero-order valence-electron chi connectivity index (χ0n) is 9.16. The highest BCUT2D eigenvalue weighted by molar-refractivity contribution is 5.75. The number of rotatable bonds is 8. The van der Waals surface area contributed by atoms with Gasteiger partial charge in [0.05, 0.1) is 12.7 Å². The third-order valence-corrected chi connectivity index (χ3v) is 1.87.